The number of hydrogen-bond donors (Lipinski definition) is 0. The Bertz CT molecular complexity index is 803. The monoisotopic (exact) mass is 358 g/mol. The van der Waals surface area contributed by atoms with E-state index < -0.39 is 0 Å². The number of ketones is 1. The number of Topliss-reactive ketones (excluding diaryl/α,β-unsaturated/α-hetero) is 1. The highest BCUT2D eigenvalue weighted by atomic mass is 35.5. The third kappa shape index (κ3) is 4.46. The molecule has 3 aromatic rings. The summed E-state index contributed by atoms with van der Waals surface area (Å²) in [5, 5.41) is 9.22. The van der Waals surface area contributed by atoms with Crippen molar-refractivity contribution in [2.75, 3.05) is 5.75 Å². The normalized spacial score (nSPS) is 10.7. The Labute approximate surface area is 149 Å². The van der Waals surface area contributed by atoms with E-state index >= 15 is 0 Å². The largest absolute Gasteiger partial charge is 0.411 e. The van der Waals surface area contributed by atoms with Gasteiger partial charge in [0.1, 0.15) is 0 Å². The van der Waals surface area contributed by atoms with Gasteiger partial charge in [0.2, 0.25) is 5.89 Å². The molecule has 3 rings (SSSR count). The van der Waals surface area contributed by atoms with Crippen molar-refractivity contribution in [3.8, 4) is 11.5 Å². The summed E-state index contributed by atoms with van der Waals surface area (Å²) in [6.45, 7) is 0. The van der Waals surface area contributed by atoms with E-state index in [2.05, 4.69) is 10.2 Å². The van der Waals surface area contributed by atoms with E-state index in [-0.39, 0.29) is 5.78 Å². The van der Waals surface area contributed by atoms with Gasteiger partial charge >= 0.3 is 0 Å². The predicted octanol–water partition coefficient (Wildman–Crippen LogP) is 5.15. The zero-order valence-corrected chi connectivity index (χ0v) is 14.4. The summed E-state index contributed by atoms with van der Waals surface area (Å²) < 4.78 is 5.61. The molecule has 0 amide bonds. The minimum absolute atomic E-state index is 0.156. The first-order valence-corrected chi connectivity index (χ1v) is 8.89. The van der Waals surface area contributed by atoms with E-state index in [1.807, 2.05) is 42.5 Å². The van der Waals surface area contributed by atoms with Crippen LogP contribution in [0.2, 0.25) is 5.02 Å². The van der Waals surface area contributed by atoms with Gasteiger partial charge in [0.05, 0.1) is 0 Å². The fourth-order valence-corrected chi connectivity index (χ4v) is 2.96. The van der Waals surface area contributed by atoms with Gasteiger partial charge in [-0.15, -0.1) is 10.2 Å². The molecule has 24 heavy (non-hydrogen) atoms. The first kappa shape index (κ1) is 16.7. The Morgan fingerprint density at radius 2 is 1.79 bits per heavy atom. The van der Waals surface area contributed by atoms with E-state index in [1.54, 1.807) is 12.1 Å². The number of carbonyl (C=O) groups is 1. The number of hydrogen-bond acceptors (Lipinski definition) is 5. The van der Waals surface area contributed by atoms with Crippen LogP contribution in [0.4, 0.5) is 0 Å². The highest BCUT2D eigenvalue weighted by molar-refractivity contribution is 7.99. The second-order valence-corrected chi connectivity index (χ2v) is 6.60. The van der Waals surface area contributed by atoms with Crippen molar-refractivity contribution in [3.63, 3.8) is 0 Å². The molecule has 0 spiro atoms. The lowest BCUT2D eigenvalue weighted by molar-refractivity contribution is 0.0982. The summed E-state index contributed by atoms with van der Waals surface area (Å²) in [7, 11) is 0. The number of carbonyl (C=O) groups excluding carboxylic acids is 1. The van der Waals surface area contributed by atoms with Crippen molar-refractivity contribution >= 4 is 29.1 Å². The van der Waals surface area contributed by atoms with Gasteiger partial charge in [-0.05, 0) is 30.7 Å². The minimum Gasteiger partial charge on any atom is -0.411 e. The molecule has 0 aliphatic rings. The Balaban J connectivity index is 1.47. The van der Waals surface area contributed by atoms with Gasteiger partial charge in [0.15, 0.2) is 5.78 Å². The average molecular weight is 359 g/mol. The van der Waals surface area contributed by atoms with Crippen molar-refractivity contribution < 1.29 is 9.21 Å². The van der Waals surface area contributed by atoms with Gasteiger partial charge in [-0.3, -0.25) is 4.79 Å². The smallest absolute Gasteiger partial charge is 0.276 e. The fourth-order valence-electron chi connectivity index (χ4n) is 2.14. The lowest BCUT2D eigenvalue weighted by atomic mass is 10.1. The zero-order chi connectivity index (χ0) is 16.8. The zero-order valence-electron chi connectivity index (χ0n) is 12.8. The number of nitrogens with zero attached hydrogens (tertiary/aromatic N) is 2. The van der Waals surface area contributed by atoms with Crippen LogP contribution in [0.3, 0.4) is 0 Å². The van der Waals surface area contributed by atoms with Gasteiger partial charge < -0.3 is 4.42 Å². The first-order chi connectivity index (χ1) is 11.7. The summed E-state index contributed by atoms with van der Waals surface area (Å²) in [4.78, 5) is 12.0. The molecule has 0 saturated carbocycles. The maximum Gasteiger partial charge on any atom is 0.276 e. The number of halogens is 1. The van der Waals surface area contributed by atoms with Gasteiger partial charge in [0.25, 0.3) is 5.22 Å². The maximum absolute atomic E-state index is 12.0. The van der Waals surface area contributed by atoms with E-state index in [1.165, 1.54) is 11.8 Å². The molecule has 6 heteroatoms. The molecule has 0 bridgehead atoms. The second-order valence-electron chi connectivity index (χ2n) is 5.12. The fraction of sp³-hybridized carbons (Fsp3) is 0.167. The molecule has 0 radical (unpaired) electrons. The molecule has 0 N–H and O–H groups in total. The predicted molar refractivity (Wildman–Crippen MR) is 95.5 cm³/mol. The molecular formula is C18H15ClN2O2S. The minimum atomic E-state index is 0.156. The molecule has 1 heterocycles. The lowest BCUT2D eigenvalue weighted by Crippen LogP contribution is -1.99. The summed E-state index contributed by atoms with van der Waals surface area (Å²) in [5.41, 5.74) is 1.59. The van der Waals surface area contributed by atoms with Crippen molar-refractivity contribution in [1.82, 2.24) is 10.2 Å². The molecule has 0 aliphatic carbocycles. The van der Waals surface area contributed by atoms with Gasteiger partial charge in [0, 0.05) is 28.3 Å². The highest BCUT2D eigenvalue weighted by Gasteiger charge is 2.10. The number of aromatic nitrogens is 2. The van der Waals surface area contributed by atoms with E-state index in [0.29, 0.717) is 22.6 Å². The summed E-state index contributed by atoms with van der Waals surface area (Å²) in [6.07, 6.45) is 1.27. The molecule has 0 fully saturated rings. The molecular weight excluding hydrogens is 344 g/mol. The second kappa shape index (κ2) is 8.13. The molecule has 2 aromatic carbocycles. The Kier molecular flexibility index (Phi) is 5.67. The molecule has 0 atom stereocenters. The standard InChI is InChI=1S/C18H15ClN2O2S/c19-15-10-8-14(9-11-15)17-20-21-18(23-17)24-12-4-7-16(22)13-5-2-1-3-6-13/h1-3,5-6,8-11H,4,7,12H2. The molecule has 0 unspecified atom stereocenters. The Morgan fingerprint density at radius 1 is 1.04 bits per heavy atom. The Hall–Kier alpha value is -2.11. The van der Waals surface area contributed by atoms with Crippen LogP contribution < -0.4 is 0 Å². The topological polar surface area (TPSA) is 56.0 Å². The number of benzene rings is 2. The SMILES string of the molecule is O=C(CCCSc1nnc(-c2ccc(Cl)cc2)o1)c1ccccc1. The van der Waals surface area contributed by atoms with E-state index in [9.17, 15) is 4.79 Å². The summed E-state index contributed by atoms with van der Waals surface area (Å²) in [5.74, 6) is 1.37. The Morgan fingerprint density at radius 3 is 2.54 bits per heavy atom. The molecule has 1 aromatic heterocycles. The van der Waals surface area contributed by atoms with Crippen LogP contribution in [0.25, 0.3) is 11.5 Å². The molecule has 0 saturated heterocycles. The van der Waals surface area contributed by atoms with Crippen molar-refractivity contribution in [2.24, 2.45) is 0 Å². The third-order valence-electron chi connectivity index (χ3n) is 3.37. The van der Waals surface area contributed by atoms with Gasteiger partial charge in [-0.1, -0.05) is 53.7 Å². The number of thioether (sulfide) groups is 1. The quantitative estimate of drug-likeness (QED) is 0.332. The summed E-state index contributed by atoms with van der Waals surface area (Å²) >= 11 is 7.32. The van der Waals surface area contributed by atoms with Crippen LogP contribution in [-0.2, 0) is 0 Å². The van der Waals surface area contributed by atoms with Crippen LogP contribution in [0.5, 0.6) is 0 Å². The number of rotatable bonds is 7. The maximum atomic E-state index is 12.0. The first-order valence-electron chi connectivity index (χ1n) is 7.53. The highest BCUT2D eigenvalue weighted by Crippen LogP contribution is 2.25. The average Bonchev–Trinajstić information content (AvgIpc) is 3.09. The molecule has 4 nitrogen and oxygen atoms in total. The lowest BCUT2D eigenvalue weighted by Gasteiger charge is -1.99. The van der Waals surface area contributed by atoms with Crippen molar-refractivity contribution in [2.45, 2.75) is 18.1 Å². The van der Waals surface area contributed by atoms with Crippen LogP contribution in [0.1, 0.15) is 23.2 Å². The van der Waals surface area contributed by atoms with Crippen LogP contribution in [0.15, 0.2) is 64.2 Å². The van der Waals surface area contributed by atoms with Gasteiger partial charge in [-0.2, -0.15) is 0 Å². The van der Waals surface area contributed by atoms with Crippen LogP contribution in [-0.4, -0.2) is 21.7 Å². The molecule has 0 aliphatic heterocycles. The van der Waals surface area contributed by atoms with Crippen LogP contribution in [0, 0.1) is 0 Å². The van der Waals surface area contributed by atoms with Crippen molar-refractivity contribution in [1.29, 1.82) is 0 Å². The van der Waals surface area contributed by atoms with E-state index in [4.69, 9.17) is 16.0 Å². The molecule has 122 valence electrons. The van der Waals surface area contributed by atoms with Crippen molar-refractivity contribution in [3.05, 3.63) is 65.2 Å². The third-order valence-corrected chi connectivity index (χ3v) is 4.52. The van der Waals surface area contributed by atoms with Crippen LogP contribution >= 0.6 is 23.4 Å². The van der Waals surface area contributed by atoms with Gasteiger partial charge in [-0.25, -0.2) is 0 Å². The van der Waals surface area contributed by atoms with E-state index in [0.717, 1.165) is 23.3 Å². The summed E-state index contributed by atoms with van der Waals surface area (Å²) in [6, 6.07) is 16.6.